The predicted octanol–water partition coefficient (Wildman–Crippen LogP) is 0.617. The molecule has 6 heteroatoms. The molecule has 82 valence electrons. The second kappa shape index (κ2) is 3.39. The van der Waals surface area contributed by atoms with Crippen molar-refractivity contribution in [1.82, 2.24) is 0 Å². The number of phenolic OH excluding ortho intramolecular Hbond substituents is 1. The average Bonchev–Trinajstić information content (AvgIpc) is 2.16. The van der Waals surface area contributed by atoms with Crippen molar-refractivity contribution in [3.63, 3.8) is 0 Å². The van der Waals surface area contributed by atoms with E-state index in [1.165, 1.54) is 6.07 Å². The molecule has 2 rings (SSSR count). The van der Waals surface area contributed by atoms with Gasteiger partial charge in [-0.25, -0.2) is 0 Å². The molecule has 1 atom stereocenters. The Kier molecular flexibility index (Phi) is 2.32. The lowest BCUT2D eigenvalue weighted by molar-refractivity contribution is 0.455. The van der Waals surface area contributed by atoms with Gasteiger partial charge in [0.15, 0.2) is 0 Å². The number of fused-ring (bicyclic) bond motifs is 1. The molecular weight excluding hydrogens is 218 g/mol. The third-order valence-corrected chi connectivity index (χ3v) is 3.70. The van der Waals surface area contributed by atoms with Crippen molar-refractivity contribution in [2.75, 3.05) is 11.9 Å². The first-order valence-electron chi connectivity index (χ1n) is 4.49. The molecule has 1 unspecified atom stereocenters. The molecule has 0 fully saturated rings. The standard InChI is InChI=1S/C9H11NO4S/c11-9-3-1-2-8-7(9)4-6(5-10-8)15(12,13)14/h1-3,6,10-11H,4-5H2,(H,12,13,14). The summed E-state index contributed by atoms with van der Waals surface area (Å²) in [6.45, 7) is 0.162. The summed E-state index contributed by atoms with van der Waals surface area (Å²) in [5.74, 6) is 0.0494. The Morgan fingerprint density at radius 1 is 1.40 bits per heavy atom. The summed E-state index contributed by atoms with van der Waals surface area (Å²) in [6, 6.07) is 4.93. The van der Waals surface area contributed by atoms with E-state index in [1.807, 2.05) is 0 Å². The summed E-state index contributed by atoms with van der Waals surface area (Å²) in [5, 5.41) is 11.5. The van der Waals surface area contributed by atoms with Gasteiger partial charge in [0.05, 0.1) is 0 Å². The number of hydrogen-bond acceptors (Lipinski definition) is 4. The minimum absolute atomic E-state index is 0.0494. The van der Waals surface area contributed by atoms with Crippen LogP contribution in [0.2, 0.25) is 0 Å². The fourth-order valence-electron chi connectivity index (χ4n) is 1.69. The third kappa shape index (κ3) is 1.91. The highest BCUT2D eigenvalue weighted by Gasteiger charge is 2.29. The summed E-state index contributed by atoms with van der Waals surface area (Å²) in [4.78, 5) is 0. The molecule has 1 aliphatic heterocycles. The average molecular weight is 229 g/mol. The molecule has 0 aromatic heterocycles. The molecule has 0 saturated heterocycles. The van der Waals surface area contributed by atoms with Gasteiger partial charge in [0.1, 0.15) is 11.0 Å². The Morgan fingerprint density at radius 2 is 2.13 bits per heavy atom. The molecular formula is C9H11NO4S. The monoisotopic (exact) mass is 229 g/mol. The van der Waals surface area contributed by atoms with Crippen LogP contribution < -0.4 is 5.32 Å². The molecule has 0 aliphatic carbocycles. The SMILES string of the molecule is O=S(=O)(O)C1CNc2cccc(O)c2C1. The van der Waals surface area contributed by atoms with E-state index in [1.54, 1.807) is 12.1 Å². The molecule has 1 aromatic rings. The van der Waals surface area contributed by atoms with Crippen LogP contribution in [0, 0.1) is 0 Å². The van der Waals surface area contributed by atoms with Gasteiger partial charge in [0.25, 0.3) is 10.1 Å². The fraction of sp³-hybridized carbons (Fsp3) is 0.333. The van der Waals surface area contributed by atoms with Crippen molar-refractivity contribution in [2.45, 2.75) is 11.7 Å². The predicted molar refractivity (Wildman–Crippen MR) is 55.6 cm³/mol. The van der Waals surface area contributed by atoms with Crippen molar-refractivity contribution in [3.8, 4) is 5.75 Å². The minimum Gasteiger partial charge on any atom is -0.508 e. The fourth-order valence-corrected chi connectivity index (χ4v) is 2.36. The summed E-state index contributed by atoms with van der Waals surface area (Å²) in [6.07, 6.45) is 0.133. The first-order valence-corrected chi connectivity index (χ1v) is 6.00. The minimum atomic E-state index is -4.06. The van der Waals surface area contributed by atoms with E-state index < -0.39 is 15.4 Å². The zero-order valence-electron chi connectivity index (χ0n) is 7.84. The van der Waals surface area contributed by atoms with E-state index >= 15 is 0 Å². The van der Waals surface area contributed by atoms with Crippen LogP contribution >= 0.6 is 0 Å². The van der Waals surface area contributed by atoms with Crippen LogP contribution in [0.3, 0.4) is 0 Å². The summed E-state index contributed by atoms with van der Waals surface area (Å²) in [5.41, 5.74) is 1.25. The first kappa shape index (κ1) is 10.3. The maximum Gasteiger partial charge on any atom is 0.269 e. The van der Waals surface area contributed by atoms with E-state index in [-0.39, 0.29) is 18.7 Å². The molecule has 1 aromatic carbocycles. The number of aromatic hydroxyl groups is 1. The largest absolute Gasteiger partial charge is 0.508 e. The van der Waals surface area contributed by atoms with Gasteiger partial charge >= 0.3 is 0 Å². The second-order valence-corrected chi connectivity index (χ2v) is 5.22. The smallest absolute Gasteiger partial charge is 0.269 e. The van der Waals surface area contributed by atoms with Gasteiger partial charge in [-0.15, -0.1) is 0 Å². The molecule has 0 bridgehead atoms. The van der Waals surface area contributed by atoms with Crippen LogP contribution in [-0.4, -0.2) is 29.9 Å². The van der Waals surface area contributed by atoms with Crippen LogP contribution in [0.4, 0.5) is 5.69 Å². The van der Waals surface area contributed by atoms with Crippen molar-refractivity contribution in [2.24, 2.45) is 0 Å². The highest BCUT2D eigenvalue weighted by molar-refractivity contribution is 7.86. The quantitative estimate of drug-likeness (QED) is 0.614. The van der Waals surface area contributed by atoms with Gasteiger partial charge in [-0.1, -0.05) is 6.07 Å². The number of hydrogen-bond donors (Lipinski definition) is 3. The van der Waals surface area contributed by atoms with E-state index in [0.29, 0.717) is 5.56 Å². The lowest BCUT2D eigenvalue weighted by atomic mass is 10.0. The van der Waals surface area contributed by atoms with Crippen molar-refractivity contribution in [1.29, 1.82) is 0 Å². The molecule has 0 saturated carbocycles. The normalized spacial score (nSPS) is 20.5. The Bertz CT molecular complexity index is 483. The third-order valence-electron chi connectivity index (χ3n) is 2.52. The topological polar surface area (TPSA) is 86.6 Å². The van der Waals surface area contributed by atoms with Gasteiger partial charge in [0, 0.05) is 17.8 Å². The molecule has 1 heterocycles. The summed E-state index contributed by atoms with van der Waals surface area (Å²) in [7, 11) is -4.06. The lowest BCUT2D eigenvalue weighted by Crippen LogP contribution is -2.34. The number of phenols is 1. The molecule has 15 heavy (non-hydrogen) atoms. The zero-order valence-corrected chi connectivity index (χ0v) is 8.66. The summed E-state index contributed by atoms with van der Waals surface area (Å²) >= 11 is 0. The summed E-state index contributed by atoms with van der Waals surface area (Å²) < 4.78 is 30.8. The Hall–Kier alpha value is -1.27. The Morgan fingerprint density at radius 3 is 2.80 bits per heavy atom. The molecule has 0 amide bonds. The zero-order chi connectivity index (χ0) is 11.1. The Labute approximate surface area is 87.5 Å². The van der Waals surface area contributed by atoms with Crippen LogP contribution in [0.5, 0.6) is 5.75 Å². The van der Waals surface area contributed by atoms with Crippen LogP contribution in [-0.2, 0) is 16.5 Å². The second-order valence-electron chi connectivity index (χ2n) is 3.53. The number of benzene rings is 1. The Balaban J connectivity index is 2.38. The van der Waals surface area contributed by atoms with Gasteiger partial charge < -0.3 is 10.4 Å². The van der Waals surface area contributed by atoms with Crippen LogP contribution in [0.1, 0.15) is 5.56 Å². The maximum absolute atomic E-state index is 10.9. The first-order chi connectivity index (χ1) is 6.98. The van der Waals surface area contributed by atoms with E-state index in [4.69, 9.17) is 4.55 Å². The number of anilines is 1. The van der Waals surface area contributed by atoms with Gasteiger partial charge in [-0.05, 0) is 18.6 Å². The van der Waals surface area contributed by atoms with Crippen molar-refractivity contribution >= 4 is 15.8 Å². The van der Waals surface area contributed by atoms with E-state index in [2.05, 4.69) is 5.32 Å². The highest BCUT2D eigenvalue weighted by Crippen LogP contribution is 2.31. The van der Waals surface area contributed by atoms with Gasteiger partial charge in [-0.3, -0.25) is 4.55 Å². The molecule has 1 aliphatic rings. The molecule has 0 spiro atoms. The van der Waals surface area contributed by atoms with Crippen molar-refractivity contribution < 1.29 is 18.1 Å². The number of nitrogens with one attached hydrogen (secondary N) is 1. The van der Waals surface area contributed by atoms with Crippen LogP contribution in [0.15, 0.2) is 18.2 Å². The number of rotatable bonds is 1. The van der Waals surface area contributed by atoms with Crippen molar-refractivity contribution in [3.05, 3.63) is 23.8 Å². The maximum atomic E-state index is 10.9. The molecule has 3 N–H and O–H groups in total. The highest BCUT2D eigenvalue weighted by atomic mass is 32.2. The van der Waals surface area contributed by atoms with Gasteiger partial charge in [0.2, 0.25) is 0 Å². The lowest BCUT2D eigenvalue weighted by Gasteiger charge is -2.24. The van der Waals surface area contributed by atoms with E-state index in [0.717, 1.165) is 5.69 Å². The van der Waals surface area contributed by atoms with Crippen LogP contribution in [0.25, 0.3) is 0 Å². The van der Waals surface area contributed by atoms with E-state index in [9.17, 15) is 13.5 Å². The molecule has 5 nitrogen and oxygen atoms in total. The van der Waals surface area contributed by atoms with Gasteiger partial charge in [-0.2, -0.15) is 8.42 Å². The molecule has 0 radical (unpaired) electrons.